The first-order valence-corrected chi connectivity index (χ1v) is 5.91. The summed E-state index contributed by atoms with van der Waals surface area (Å²) in [7, 11) is 0. The van der Waals surface area contributed by atoms with Crippen LogP contribution in [0.4, 0.5) is 0 Å². The maximum atomic E-state index is 11.7. The van der Waals surface area contributed by atoms with Crippen molar-refractivity contribution in [3.63, 3.8) is 0 Å². The predicted octanol–water partition coefficient (Wildman–Crippen LogP) is 1.20. The molecule has 2 atom stereocenters. The number of hydrogen-bond acceptors (Lipinski definition) is 4. The lowest BCUT2D eigenvalue weighted by Crippen LogP contribution is -2.27. The van der Waals surface area contributed by atoms with Crippen LogP contribution in [-0.2, 0) is 14.3 Å². The number of esters is 1. The fourth-order valence-electron chi connectivity index (χ4n) is 1.72. The molecule has 1 aliphatic heterocycles. The molecule has 4 nitrogen and oxygen atoms in total. The first-order chi connectivity index (χ1) is 7.40. The van der Waals surface area contributed by atoms with Gasteiger partial charge >= 0.3 is 5.97 Å². The number of rotatable bonds is 4. The minimum absolute atomic E-state index is 0.00892. The molecule has 1 N–H and O–H groups in total. The second-order valence-corrected chi connectivity index (χ2v) is 5.37. The van der Waals surface area contributed by atoms with E-state index in [-0.39, 0.29) is 17.5 Å². The molecule has 2 unspecified atom stereocenters. The Kier molecular flexibility index (Phi) is 4.74. The van der Waals surface area contributed by atoms with Gasteiger partial charge in [0.2, 0.25) is 0 Å². The van der Waals surface area contributed by atoms with E-state index in [0.29, 0.717) is 19.1 Å². The Morgan fingerprint density at radius 3 is 2.50 bits per heavy atom. The van der Waals surface area contributed by atoms with E-state index in [1.54, 1.807) is 0 Å². The van der Waals surface area contributed by atoms with Crippen LogP contribution in [0, 0.1) is 11.8 Å². The summed E-state index contributed by atoms with van der Waals surface area (Å²) in [6.07, 6.45) is 0. The van der Waals surface area contributed by atoms with Crippen LogP contribution >= 0.6 is 0 Å². The quantitative estimate of drug-likeness (QED) is 0.581. The van der Waals surface area contributed by atoms with E-state index in [2.05, 4.69) is 12.2 Å². The van der Waals surface area contributed by atoms with Crippen molar-refractivity contribution >= 4 is 5.97 Å². The van der Waals surface area contributed by atoms with Gasteiger partial charge in [0.25, 0.3) is 0 Å². The molecule has 16 heavy (non-hydrogen) atoms. The van der Waals surface area contributed by atoms with Crippen LogP contribution < -0.4 is 5.32 Å². The van der Waals surface area contributed by atoms with E-state index >= 15 is 0 Å². The second kappa shape index (κ2) is 5.64. The molecular formula is C12H23NO3. The lowest BCUT2D eigenvalue weighted by Gasteiger charge is -2.20. The van der Waals surface area contributed by atoms with Crippen LogP contribution in [0.25, 0.3) is 0 Å². The van der Waals surface area contributed by atoms with Crippen molar-refractivity contribution in [3.8, 4) is 0 Å². The number of ether oxygens (including phenoxy) is 2. The summed E-state index contributed by atoms with van der Waals surface area (Å²) < 4.78 is 10.7. The molecule has 94 valence electrons. The van der Waals surface area contributed by atoms with Gasteiger partial charge in [-0.25, -0.2) is 0 Å². The Hall–Kier alpha value is -0.610. The number of hydrogen-bond donors (Lipinski definition) is 1. The SMILES string of the molecule is CC1CNCC1C(=O)OCCOC(C)(C)C. The van der Waals surface area contributed by atoms with Gasteiger partial charge in [0.1, 0.15) is 6.61 Å². The number of carbonyl (C=O) groups excluding carboxylic acids is 1. The Balaban J connectivity index is 2.15. The Bertz CT molecular complexity index is 235. The summed E-state index contributed by atoms with van der Waals surface area (Å²) in [6.45, 7) is 10.5. The molecule has 0 aromatic carbocycles. The van der Waals surface area contributed by atoms with E-state index in [0.717, 1.165) is 13.1 Å². The minimum Gasteiger partial charge on any atom is -0.463 e. The fourth-order valence-corrected chi connectivity index (χ4v) is 1.72. The van der Waals surface area contributed by atoms with E-state index in [1.807, 2.05) is 20.8 Å². The third-order valence-electron chi connectivity index (χ3n) is 2.68. The Morgan fingerprint density at radius 1 is 1.31 bits per heavy atom. The zero-order chi connectivity index (χ0) is 12.2. The van der Waals surface area contributed by atoms with Gasteiger partial charge in [-0.3, -0.25) is 4.79 Å². The van der Waals surface area contributed by atoms with Gasteiger partial charge < -0.3 is 14.8 Å². The molecule has 1 aliphatic rings. The van der Waals surface area contributed by atoms with Gasteiger partial charge in [-0.1, -0.05) is 6.92 Å². The van der Waals surface area contributed by atoms with Crippen LogP contribution in [-0.4, -0.2) is 37.9 Å². The second-order valence-electron chi connectivity index (χ2n) is 5.37. The zero-order valence-corrected chi connectivity index (χ0v) is 10.7. The zero-order valence-electron chi connectivity index (χ0n) is 10.7. The summed E-state index contributed by atoms with van der Waals surface area (Å²) in [4.78, 5) is 11.7. The van der Waals surface area contributed by atoms with Crippen molar-refractivity contribution in [2.24, 2.45) is 11.8 Å². The Labute approximate surface area is 97.7 Å². The first kappa shape index (κ1) is 13.5. The van der Waals surface area contributed by atoms with Crippen LogP contribution in [0.2, 0.25) is 0 Å². The molecule has 1 heterocycles. The molecule has 0 spiro atoms. The van der Waals surface area contributed by atoms with Gasteiger partial charge in [-0.2, -0.15) is 0 Å². The van der Waals surface area contributed by atoms with Crippen molar-refractivity contribution in [1.82, 2.24) is 5.32 Å². The van der Waals surface area contributed by atoms with Crippen LogP contribution in [0.15, 0.2) is 0 Å². The molecule has 0 saturated carbocycles. The minimum atomic E-state index is -0.172. The lowest BCUT2D eigenvalue weighted by molar-refractivity contribution is -0.152. The average Bonchev–Trinajstić information content (AvgIpc) is 2.57. The van der Waals surface area contributed by atoms with Gasteiger partial charge in [0.05, 0.1) is 18.1 Å². The summed E-state index contributed by atoms with van der Waals surface area (Å²) in [5.41, 5.74) is -0.172. The van der Waals surface area contributed by atoms with Crippen molar-refractivity contribution in [2.75, 3.05) is 26.3 Å². The highest BCUT2D eigenvalue weighted by Crippen LogP contribution is 2.17. The smallest absolute Gasteiger partial charge is 0.310 e. The summed E-state index contributed by atoms with van der Waals surface area (Å²) >= 11 is 0. The summed E-state index contributed by atoms with van der Waals surface area (Å²) in [6, 6.07) is 0. The molecule has 0 aromatic heterocycles. The van der Waals surface area contributed by atoms with Gasteiger partial charge in [0, 0.05) is 6.54 Å². The highest BCUT2D eigenvalue weighted by molar-refractivity contribution is 5.73. The molecule has 0 bridgehead atoms. The standard InChI is InChI=1S/C12H23NO3/c1-9-7-13-8-10(9)11(14)15-5-6-16-12(2,3)4/h9-10,13H,5-8H2,1-4H3. The highest BCUT2D eigenvalue weighted by atomic mass is 16.6. The van der Waals surface area contributed by atoms with E-state index in [1.165, 1.54) is 0 Å². The molecule has 1 saturated heterocycles. The maximum Gasteiger partial charge on any atom is 0.310 e. The molecule has 4 heteroatoms. The molecule has 1 rings (SSSR count). The number of nitrogens with one attached hydrogen (secondary N) is 1. The normalized spacial score (nSPS) is 25.8. The lowest BCUT2D eigenvalue weighted by atomic mass is 9.99. The van der Waals surface area contributed by atoms with Crippen molar-refractivity contribution in [1.29, 1.82) is 0 Å². The van der Waals surface area contributed by atoms with Gasteiger partial charge in [-0.15, -0.1) is 0 Å². The van der Waals surface area contributed by atoms with Crippen LogP contribution in [0.1, 0.15) is 27.7 Å². The van der Waals surface area contributed by atoms with Crippen molar-refractivity contribution in [3.05, 3.63) is 0 Å². The van der Waals surface area contributed by atoms with E-state index < -0.39 is 0 Å². The topological polar surface area (TPSA) is 47.6 Å². The average molecular weight is 229 g/mol. The third kappa shape index (κ3) is 4.49. The molecule has 1 fully saturated rings. The van der Waals surface area contributed by atoms with Crippen molar-refractivity contribution < 1.29 is 14.3 Å². The molecule has 0 aromatic rings. The largest absolute Gasteiger partial charge is 0.463 e. The summed E-state index contributed by atoms with van der Waals surface area (Å²) in [5, 5.41) is 3.19. The summed E-state index contributed by atoms with van der Waals surface area (Å²) in [5.74, 6) is 0.278. The van der Waals surface area contributed by atoms with Crippen LogP contribution in [0.5, 0.6) is 0 Å². The predicted molar refractivity (Wildman–Crippen MR) is 62.2 cm³/mol. The van der Waals surface area contributed by atoms with Gasteiger partial charge in [-0.05, 0) is 33.2 Å². The monoisotopic (exact) mass is 229 g/mol. The molecule has 0 radical (unpaired) electrons. The van der Waals surface area contributed by atoms with E-state index in [9.17, 15) is 4.79 Å². The maximum absolute atomic E-state index is 11.7. The van der Waals surface area contributed by atoms with Gasteiger partial charge in [0.15, 0.2) is 0 Å². The van der Waals surface area contributed by atoms with Crippen LogP contribution in [0.3, 0.4) is 0 Å². The molecule has 0 aliphatic carbocycles. The highest BCUT2D eigenvalue weighted by Gasteiger charge is 2.30. The number of carbonyl (C=O) groups is 1. The molecule has 0 amide bonds. The van der Waals surface area contributed by atoms with E-state index in [4.69, 9.17) is 9.47 Å². The first-order valence-electron chi connectivity index (χ1n) is 5.91. The van der Waals surface area contributed by atoms with Crippen molar-refractivity contribution in [2.45, 2.75) is 33.3 Å². The molecular weight excluding hydrogens is 206 g/mol. The fraction of sp³-hybridized carbons (Fsp3) is 0.917. The Morgan fingerprint density at radius 2 is 2.00 bits per heavy atom. The third-order valence-corrected chi connectivity index (χ3v) is 2.68.